The fourth-order valence-electron chi connectivity index (χ4n) is 3.18. The van der Waals surface area contributed by atoms with E-state index in [1.165, 1.54) is 0 Å². The smallest absolute Gasteiger partial charge is 0.449 e. The molecule has 0 bridgehead atoms. The molecule has 0 fully saturated rings. The van der Waals surface area contributed by atoms with Gasteiger partial charge in [0.1, 0.15) is 23.0 Å². The lowest BCUT2D eigenvalue weighted by Crippen LogP contribution is -2.05. The zero-order valence-electron chi connectivity index (χ0n) is 19.9. The maximum atomic E-state index is 6.30. The van der Waals surface area contributed by atoms with Crippen molar-refractivity contribution in [3.63, 3.8) is 0 Å². The van der Waals surface area contributed by atoms with E-state index < -0.39 is 8.60 Å². The molecule has 5 nitrogen and oxygen atoms in total. The largest absolute Gasteiger partial charge is 0.530 e. The van der Waals surface area contributed by atoms with Crippen molar-refractivity contribution in [2.75, 3.05) is 0 Å². The molecule has 0 aromatic heterocycles. The monoisotopic (exact) mass is 506 g/mol. The molecule has 1 unspecified atom stereocenters. The number of benzene rings is 4. The van der Waals surface area contributed by atoms with Crippen LogP contribution in [0.1, 0.15) is 22.3 Å². The van der Waals surface area contributed by atoms with Crippen LogP contribution in [0.2, 0.25) is 0 Å². The van der Waals surface area contributed by atoms with Crippen molar-refractivity contribution in [3.8, 4) is 23.0 Å². The molecule has 4 rings (SSSR count). The van der Waals surface area contributed by atoms with Crippen LogP contribution in [0, 0.1) is 20.8 Å². The topological polar surface area (TPSA) is 46.2 Å². The van der Waals surface area contributed by atoms with Crippen molar-refractivity contribution < 1.29 is 22.6 Å². The Morgan fingerprint density at radius 3 is 1.51 bits per heavy atom. The van der Waals surface area contributed by atoms with Crippen LogP contribution in [-0.2, 0) is 11.1 Å². The van der Waals surface area contributed by atoms with Gasteiger partial charge in [-0.05, 0) is 61.7 Å². The molecule has 1 atom stereocenters. The molecule has 0 heterocycles. The van der Waals surface area contributed by atoms with Crippen molar-refractivity contribution in [1.82, 2.24) is 0 Å². The van der Waals surface area contributed by atoms with E-state index in [0.29, 0.717) is 23.9 Å². The first-order chi connectivity index (χ1) is 17.1. The zero-order valence-corrected chi connectivity index (χ0v) is 21.8. The van der Waals surface area contributed by atoms with Gasteiger partial charge < -0.3 is 22.6 Å². The molecule has 0 N–H and O–H groups in total. The van der Waals surface area contributed by atoms with E-state index in [4.69, 9.17) is 22.6 Å². The quantitative estimate of drug-likeness (QED) is 0.151. The van der Waals surface area contributed by atoms with Crippen molar-refractivity contribution in [2.45, 2.75) is 27.4 Å². The molecular formula is C28H28O5P2. The second kappa shape index (κ2) is 12.6. The van der Waals surface area contributed by atoms with Crippen molar-refractivity contribution in [3.05, 3.63) is 119 Å². The average Bonchev–Trinajstić information content (AvgIpc) is 2.86. The molecule has 180 valence electrons. The molecule has 0 radical (unpaired) electrons. The van der Waals surface area contributed by atoms with Crippen LogP contribution in [0.4, 0.5) is 0 Å². The number of aryl methyl sites for hydroxylation is 3. The van der Waals surface area contributed by atoms with Gasteiger partial charge in [0.05, 0.1) is 6.61 Å². The normalized spacial score (nSPS) is 11.1. The van der Waals surface area contributed by atoms with Crippen molar-refractivity contribution in [2.24, 2.45) is 0 Å². The first-order valence-electron chi connectivity index (χ1n) is 11.2. The van der Waals surface area contributed by atoms with Gasteiger partial charge in [0, 0.05) is 5.56 Å². The summed E-state index contributed by atoms with van der Waals surface area (Å²) < 4.78 is 30.3. The summed E-state index contributed by atoms with van der Waals surface area (Å²) in [6, 6.07) is 31.2. The van der Waals surface area contributed by atoms with Crippen LogP contribution in [0.5, 0.6) is 23.0 Å². The standard InChI is InChI=1S/C28H28O5P2/c1-21-12-4-8-16-25(21)30-34-29-20-24-15-7-11-19-28(24)33-35(31-26-17-9-5-13-22(26)2)32-27-18-10-6-14-23(27)3/h4-19,34H,20H2,1-3H3. The third-order valence-electron chi connectivity index (χ3n) is 5.21. The van der Waals surface area contributed by atoms with E-state index in [-0.39, 0.29) is 9.03 Å². The molecule has 0 amide bonds. The summed E-state index contributed by atoms with van der Waals surface area (Å²) >= 11 is 0. The van der Waals surface area contributed by atoms with Gasteiger partial charge >= 0.3 is 8.60 Å². The lowest BCUT2D eigenvalue weighted by Gasteiger charge is -2.21. The summed E-state index contributed by atoms with van der Waals surface area (Å²) in [6.45, 7) is 6.33. The Balaban J connectivity index is 1.46. The molecule has 0 saturated heterocycles. The molecule has 7 heteroatoms. The Bertz CT molecular complexity index is 1200. The Labute approximate surface area is 209 Å². The minimum atomic E-state index is -1.78. The SMILES string of the molecule is Cc1ccccc1OPOCc1ccccc1OP(Oc1ccccc1C)Oc1ccccc1C. The highest BCUT2D eigenvalue weighted by Crippen LogP contribution is 2.45. The van der Waals surface area contributed by atoms with Crippen molar-refractivity contribution in [1.29, 1.82) is 0 Å². The minimum Gasteiger partial charge on any atom is -0.449 e. The van der Waals surface area contributed by atoms with Gasteiger partial charge in [-0.25, -0.2) is 0 Å². The maximum Gasteiger partial charge on any atom is 0.530 e. The average molecular weight is 506 g/mol. The second-order valence-electron chi connectivity index (χ2n) is 7.88. The van der Waals surface area contributed by atoms with Crippen LogP contribution in [0.15, 0.2) is 97.1 Å². The first kappa shape index (κ1) is 25.0. The minimum absolute atomic E-state index is 0.137. The molecule has 0 aliphatic carbocycles. The molecule has 0 spiro atoms. The van der Waals surface area contributed by atoms with Crippen LogP contribution in [-0.4, -0.2) is 0 Å². The summed E-state index contributed by atoms with van der Waals surface area (Å²) in [6.07, 6.45) is 0. The van der Waals surface area contributed by atoms with Gasteiger partial charge in [-0.15, -0.1) is 0 Å². The second-order valence-corrected chi connectivity index (χ2v) is 9.53. The van der Waals surface area contributed by atoms with Crippen molar-refractivity contribution >= 4 is 17.6 Å². The maximum absolute atomic E-state index is 6.30. The summed E-state index contributed by atoms with van der Waals surface area (Å²) in [5.74, 6) is 2.89. The van der Waals surface area contributed by atoms with E-state index >= 15 is 0 Å². The molecule has 0 saturated carbocycles. The van der Waals surface area contributed by atoms with Crippen LogP contribution < -0.4 is 18.1 Å². The van der Waals surface area contributed by atoms with Gasteiger partial charge in [-0.3, -0.25) is 0 Å². The lowest BCUT2D eigenvalue weighted by molar-refractivity contribution is 0.312. The highest BCUT2D eigenvalue weighted by Gasteiger charge is 2.23. The summed E-state index contributed by atoms with van der Waals surface area (Å²) in [4.78, 5) is 0. The Morgan fingerprint density at radius 2 is 0.971 bits per heavy atom. The first-order valence-corrected chi connectivity index (χ1v) is 13.1. The van der Waals surface area contributed by atoms with Gasteiger partial charge in [0.25, 0.3) is 0 Å². The van der Waals surface area contributed by atoms with Gasteiger partial charge in [0.2, 0.25) is 9.03 Å². The third kappa shape index (κ3) is 7.19. The number of hydrogen-bond donors (Lipinski definition) is 0. The van der Waals surface area contributed by atoms with E-state index in [1.54, 1.807) is 0 Å². The summed E-state index contributed by atoms with van der Waals surface area (Å²) in [5.41, 5.74) is 3.95. The fraction of sp³-hybridized carbons (Fsp3) is 0.143. The van der Waals surface area contributed by atoms with Gasteiger partial charge in [-0.1, -0.05) is 72.8 Å². The fourth-order valence-corrected chi connectivity index (χ4v) is 4.95. The van der Waals surface area contributed by atoms with Crippen LogP contribution in [0.3, 0.4) is 0 Å². The Hall–Kier alpha value is -3.10. The zero-order chi connectivity index (χ0) is 24.5. The highest BCUT2D eigenvalue weighted by atomic mass is 31.2. The molecule has 4 aromatic rings. The predicted octanol–water partition coefficient (Wildman–Crippen LogP) is 8.48. The number of rotatable bonds is 11. The van der Waals surface area contributed by atoms with Gasteiger partial charge in [0.15, 0.2) is 0 Å². The van der Waals surface area contributed by atoms with E-state index in [9.17, 15) is 0 Å². The van der Waals surface area contributed by atoms with E-state index in [0.717, 1.165) is 28.0 Å². The summed E-state index contributed by atoms with van der Waals surface area (Å²) in [7, 11) is -1.92. The molecule has 35 heavy (non-hydrogen) atoms. The predicted molar refractivity (Wildman–Crippen MR) is 143 cm³/mol. The highest BCUT2D eigenvalue weighted by molar-refractivity contribution is 7.43. The number of hydrogen-bond acceptors (Lipinski definition) is 5. The third-order valence-corrected chi connectivity index (χ3v) is 6.81. The Kier molecular flexibility index (Phi) is 8.97. The van der Waals surface area contributed by atoms with E-state index in [1.807, 2.05) is 118 Å². The van der Waals surface area contributed by atoms with Crippen LogP contribution in [0.25, 0.3) is 0 Å². The molecular weight excluding hydrogens is 478 g/mol. The molecule has 0 aliphatic heterocycles. The molecule has 4 aromatic carbocycles. The Morgan fingerprint density at radius 1 is 0.543 bits per heavy atom. The van der Waals surface area contributed by atoms with E-state index in [2.05, 4.69) is 0 Å². The van der Waals surface area contributed by atoms with Crippen LogP contribution >= 0.6 is 17.6 Å². The summed E-state index contributed by atoms with van der Waals surface area (Å²) in [5, 5.41) is 0. The van der Waals surface area contributed by atoms with Gasteiger partial charge in [-0.2, -0.15) is 0 Å². The molecule has 0 aliphatic rings. The lowest BCUT2D eigenvalue weighted by atomic mass is 10.2. The number of para-hydroxylation sites is 4.